The van der Waals surface area contributed by atoms with Crippen LogP contribution >= 0.6 is 11.8 Å². The number of rotatable bonds is 3. The number of β-lactam (4-membered cyclic amide) rings is 1. The van der Waals surface area contributed by atoms with E-state index in [0.29, 0.717) is 11.3 Å². The van der Waals surface area contributed by atoms with Crippen LogP contribution in [0.2, 0.25) is 0 Å². The summed E-state index contributed by atoms with van der Waals surface area (Å²) in [4.78, 5) is 28.9. The second-order valence-corrected chi connectivity index (χ2v) is 4.96. The number of carboxylic acid groups (broad SMARTS) is 1. The van der Waals surface area contributed by atoms with Gasteiger partial charge in [-0.05, 0) is 5.16 Å². The molecule has 0 aromatic carbocycles. The van der Waals surface area contributed by atoms with Crippen molar-refractivity contribution >= 4 is 29.5 Å². The molecule has 0 unspecified atom stereocenters. The first kappa shape index (κ1) is 13.7. The van der Waals surface area contributed by atoms with Gasteiger partial charge >= 0.3 is 5.97 Å². The summed E-state index contributed by atoms with van der Waals surface area (Å²) in [5, 5.41) is 12.6. The molecule has 0 saturated carbocycles. The maximum absolute atomic E-state index is 11.7. The van der Waals surface area contributed by atoms with Crippen molar-refractivity contribution in [1.82, 2.24) is 4.90 Å². The largest absolute Gasteiger partial charge is 0.479 e. The summed E-state index contributed by atoms with van der Waals surface area (Å²) in [6.45, 7) is 0. The van der Waals surface area contributed by atoms with Gasteiger partial charge in [0.2, 0.25) is 5.91 Å². The number of fused-ring (bicyclic) bond motifs is 1. The van der Waals surface area contributed by atoms with Crippen molar-refractivity contribution in [3.63, 3.8) is 0 Å². The first-order valence-corrected chi connectivity index (χ1v) is 6.40. The molecule has 104 valence electrons. The van der Waals surface area contributed by atoms with Crippen LogP contribution in [0.3, 0.4) is 0 Å². The van der Waals surface area contributed by atoms with Crippen LogP contribution in [0.15, 0.2) is 16.4 Å². The van der Waals surface area contributed by atoms with Crippen LogP contribution in [-0.2, 0) is 19.2 Å². The number of amides is 1. The van der Waals surface area contributed by atoms with Gasteiger partial charge in [-0.1, -0.05) is 0 Å². The average Bonchev–Trinajstić information content (AvgIpc) is 2.42. The molecule has 0 aromatic heterocycles. The number of ether oxygens (including phenoxy) is 1. The Hall–Kier alpha value is -1.74. The minimum absolute atomic E-state index is 0.0409. The van der Waals surface area contributed by atoms with Crippen molar-refractivity contribution in [1.29, 1.82) is 0 Å². The van der Waals surface area contributed by atoms with Gasteiger partial charge in [0.15, 0.2) is 0 Å². The summed E-state index contributed by atoms with van der Waals surface area (Å²) < 4.78 is 5.00. The van der Waals surface area contributed by atoms with E-state index in [1.165, 1.54) is 30.9 Å². The number of hydrogen-bond acceptors (Lipinski definition) is 7. The number of carbonyl (C=O) groups excluding carboxylic acids is 1. The number of thioether (sulfide) groups is 1. The van der Waals surface area contributed by atoms with Crippen LogP contribution < -0.4 is 5.73 Å². The van der Waals surface area contributed by atoms with Gasteiger partial charge < -0.3 is 20.4 Å². The summed E-state index contributed by atoms with van der Waals surface area (Å²) in [6.07, 6.45) is 0. The zero-order valence-electron chi connectivity index (χ0n) is 10.3. The highest BCUT2D eigenvalue weighted by molar-refractivity contribution is 8.00. The lowest BCUT2D eigenvalue weighted by molar-refractivity contribution is -0.147. The third-order valence-electron chi connectivity index (χ3n) is 2.84. The molecule has 3 N–H and O–H groups in total. The van der Waals surface area contributed by atoms with Gasteiger partial charge in [-0.2, -0.15) is 0 Å². The quantitative estimate of drug-likeness (QED) is 0.301. The predicted molar refractivity (Wildman–Crippen MR) is 67.2 cm³/mol. The Balaban J connectivity index is 2.46. The number of hydrogen-bond donors (Lipinski definition) is 2. The topological polar surface area (TPSA) is 114 Å². The predicted octanol–water partition coefficient (Wildman–Crippen LogP) is -0.826. The molecule has 9 heteroatoms. The van der Waals surface area contributed by atoms with E-state index in [1.54, 1.807) is 0 Å². The first-order chi connectivity index (χ1) is 9.02. The number of nitrogens with zero attached hydrogens (tertiary/aromatic N) is 2. The molecule has 1 fully saturated rings. The van der Waals surface area contributed by atoms with E-state index in [9.17, 15) is 14.7 Å². The van der Waals surface area contributed by atoms with Crippen molar-refractivity contribution in [2.24, 2.45) is 10.9 Å². The summed E-state index contributed by atoms with van der Waals surface area (Å²) >= 11 is 1.37. The van der Waals surface area contributed by atoms with Crippen LogP contribution in [0.4, 0.5) is 0 Å². The number of oxime groups is 1. The third kappa shape index (κ3) is 2.04. The fourth-order valence-corrected chi connectivity index (χ4v) is 3.26. The number of nitrogens with two attached hydrogens (primary N) is 1. The Morgan fingerprint density at radius 3 is 2.79 bits per heavy atom. The molecule has 0 aliphatic carbocycles. The lowest BCUT2D eigenvalue weighted by Gasteiger charge is -2.47. The fourth-order valence-electron chi connectivity index (χ4n) is 1.98. The van der Waals surface area contributed by atoms with Gasteiger partial charge in [-0.15, -0.1) is 11.8 Å². The molecule has 0 spiro atoms. The molecule has 1 amide bonds. The minimum Gasteiger partial charge on any atom is -0.479 e. The molecule has 0 radical (unpaired) electrons. The van der Waals surface area contributed by atoms with Gasteiger partial charge in [-0.3, -0.25) is 9.69 Å². The molecular formula is C10H13N3O5S. The van der Waals surface area contributed by atoms with E-state index < -0.39 is 17.9 Å². The van der Waals surface area contributed by atoms with Crippen molar-refractivity contribution in [2.75, 3.05) is 20.0 Å². The van der Waals surface area contributed by atoms with E-state index >= 15 is 0 Å². The Morgan fingerprint density at radius 2 is 2.26 bits per heavy atom. The highest BCUT2D eigenvalue weighted by Crippen LogP contribution is 2.39. The van der Waals surface area contributed by atoms with Crippen molar-refractivity contribution in [3.05, 3.63) is 11.3 Å². The van der Waals surface area contributed by atoms with Crippen molar-refractivity contribution in [2.45, 2.75) is 11.4 Å². The second kappa shape index (κ2) is 5.10. The van der Waals surface area contributed by atoms with Crippen LogP contribution in [0.25, 0.3) is 0 Å². The van der Waals surface area contributed by atoms with E-state index in [-0.39, 0.29) is 17.0 Å². The Morgan fingerprint density at radius 1 is 1.58 bits per heavy atom. The van der Waals surface area contributed by atoms with Gasteiger partial charge in [0, 0.05) is 5.75 Å². The molecule has 0 aromatic rings. The SMILES string of the molecule is CON=C(OC)C1=C(C(=O)O)N2C(=O)[C@@H](N)[C@@H]2SC1. The average molecular weight is 287 g/mol. The molecule has 2 aliphatic rings. The second-order valence-electron chi connectivity index (χ2n) is 3.85. The minimum atomic E-state index is -1.22. The molecule has 8 nitrogen and oxygen atoms in total. The highest BCUT2D eigenvalue weighted by atomic mass is 32.2. The molecule has 19 heavy (non-hydrogen) atoms. The lowest BCUT2D eigenvalue weighted by atomic mass is 10.0. The molecular weight excluding hydrogens is 274 g/mol. The van der Waals surface area contributed by atoms with E-state index in [0.717, 1.165) is 0 Å². The van der Waals surface area contributed by atoms with Gasteiger partial charge in [0.05, 0.1) is 12.7 Å². The summed E-state index contributed by atoms with van der Waals surface area (Å²) in [5.74, 6) is -1.26. The van der Waals surface area contributed by atoms with Gasteiger partial charge in [0.1, 0.15) is 24.2 Å². The number of carboxylic acids is 1. The third-order valence-corrected chi connectivity index (χ3v) is 4.14. The van der Waals surface area contributed by atoms with Crippen LogP contribution in [0.5, 0.6) is 0 Å². The molecule has 2 rings (SSSR count). The lowest BCUT2D eigenvalue weighted by Crippen LogP contribution is -2.68. The van der Waals surface area contributed by atoms with Crippen LogP contribution in [0, 0.1) is 0 Å². The number of aliphatic carboxylic acids is 1. The molecule has 1 saturated heterocycles. The molecule has 0 bridgehead atoms. The normalized spacial score (nSPS) is 26.8. The maximum Gasteiger partial charge on any atom is 0.353 e. The Kier molecular flexibility index (Phi) is 3.67. The zero-order chi connectivity index (χ0) is 14.2. The van der Waals surface area contributed by atoms with Crippen LogP contribution in [-0.4, -0.2) is 59.2 Å². The number of carbonyl (C=O) groups is 2. The maximum atomic E-state index is 11.7. The molecule has 2 atom stereocenters. The number of methoxy groups -OCH3 is 1. The van der Waals surface area contributed by atoms with E-state index in [4.69, 9.17) is 10.5 Å². The fraction of sp³-hybridized carbons (Fsp3) is 0.500. The summed E-state index contributed by atoms with van der Waals surface area (Å²) in [7, 11) is 2.67. The molecule has 2 aliphatic heterocycles. The zero-order valence-corrected chi connectivity index (χ0v) is 11.1. The Bertz CT molecular complexity index is 490. The monoisotopic (exact) mass is 287 g/mol. The van der Waals surface area contributed by atoms with E-state index in [2.05, 4.69) is 9.99 Å². The van der Waals surface area contributed by atoms with Crippen molar-refractivity contribution in [3.8, 4) is 0 Å². The van der Waals surface area contributed by atoms with Gasteiger partial charge in [-0.25, -0.2) is 4.79 Å². The summed E-state index contributed by atoms with van der Waals surface area (Å²) in [6, 6.07) is -0.661. The smallest absolute Gasteiger partial charge is 0.353 e. The molecule has 2 heterocycles. The van der Waals surface area contributed by atoms with Crippen LogP contribution in [0.1, 0.15) is 0 Å². The highest BCUT2D eigenvalue weighted by Gasteiger charge is 2.52. The standard InChI is InChI=1S/C10H13N3O5S/c1-17-7(12-18-2)4-3-19-9-5(11)8(14)13(9)6(4)10(15)16/h5,9H,3,11H2,1-2H3,(H,15,16)/t5-,9+/m1/s1. The van der Waals surface area contributed by atoms with E-state index in [1.807, 2.05) is 0 Å². The summed E-state index contributed by atoms with van der Waals surface area (Å²) in [5.41, 5.74) is 5.80. The first-order valence-electron chi connectivity index (χ1n) is 5.35. The van der Waals surface area contributed by atoms with Gasteiger partial charge in [0.25, 0.3) is 5.90 Å². The Labute approximate surface area is 113 Å². The van der Waals surface area contributed by atoms with Crippen molar-refractivity contribution < 1.29 is 24.3 Å².